The fraction of sp³-hybridized carbons (Fsp3) is 0.571. The van der Waals surface area contributed by atoms with Crippen molar-refractivity contribution in [2.24, 2.45) is 0 Å². The summed E-state index contributed by atoms with van der Waals surface area (Å²) >= 11 is 0. The van der Waals surface area contributed by atoms with Gasteiger partial charge in [-0.15, -0.1) is 0 Å². The molecule has 1 N–H and O–H groups in total. The van der Waals surface area contributed by atoms with E-state index >= 15 is 0 Å². The number of ether oxygens (including phenoxy) is 1. The standard InChI is InChI=1S/C14H22N2O5S2/c1-3-12(2)15-22(17,18)13-4-6-14(7-5-13)23(19,20)16-8-10-21-11-9-16/h4-7,12,15H,3,8-11H2,1-2H3. The first-order valence-electron chi connectivity index (χ1n) is 7.47. The molecule has 1 aliphatic heterocycles. The van der Waals surface area contributed by atoms with Crippen molar-refractivity contribution < 1.29 is 21.6 Å². The lowest BCUT2D eigenvalue weighted by Crippen LogP contribution is -2.40. The maximum Gasteiger partial charge on any atom is 0.243 e. The van der Waals surface area contributed by atoms with Gasteiger partial charge in [0.15, 0.2) is 0 Å². The summed E-state index contributed by atoms with van der Waals surface area (Å²) in [7, 11) is -7.25. The highest BCUT2D eigenvalue weighted by atomic mass is 32.2. The molecule has 2 rings (SSSR count). The van der Waals surface area contributed by atoms with E-state index in [-0.39, 0.29) is 15.8 Å². The van der Waals surface area contributed by atoms with Crippen LogP contribution in [0.5, 0.6) is 0 Å². The van der Waals surface area contributed by atoms with Gasteiger partial charge in [0.25, 0.3) is 0 Å². The van der Waals surface area contributed by atoms with Gasteiger partial charge in [-0.1, -0.05) is 6.92 Å². The van der Waals surface area contributed by atoms with Gasteiger partial charge in [0, 0.05) is 19.1 Å². The van der Waals surface area contributed by atoms with E-state index < -0.39 is 20.0 Å². The molecule has 0 aliphatic carbocycles. The van der Waals surface area contributed by atoms with Crippen LogP contribution in [0.3, 0.4) is 0 Å². The van der Waals surface area contributed by atoms with Crippen molar-refractivity contribution >= 4 is 20.0 Å². The molecule has 1 aromatic rings. The Balaban J connectivity index is 2.22. The summed E-state index contributed by atoms with van der Waals surface area (Å²) in [6.07, 6.45) is 0.669. The van der Waals surface area contributed by atoms with E-state index in [0.29, 0.717) is 32.7 Å². The van der Waals surface area contributed by atoms with E-state index in [9.17, 15) is 16.8 Å². The number of nitrogens with one attached hydrogen (secondary N) is 1. The summed E-state index contributed by atoms with van der Waals surface area (Å²) in [4.78, 5) is 0.139. The topological polar surface area (TPSA) is 92.8 Å². The first kappa shape index (κ1) is 18.3. The zero-order valence-corrected chi connectivity index (χ0v) is 14.9. The molecule has 9 heteroatoms. The van der Waals surface area contributed by atoms with Crippen LogP contribution in [-0.2, 0) is 24.8 Å². The fourth-order valence-corrected chi connectivity index (χ4v) is 4.88. The molecule has 0 radical (unpaired) electrons. The summed E-state index contributed by atoms with van der Waals surface area (Å²) in [5.41, 5.74) is 0. The van der Waals surface area contributed by atoms with Crippen molar-refractivity contribution in [1.82, 2.24) is 9.03 Å². The normalized spacial score (nSPS) is 18.7. The van der Waals surface area contributed by atoms with E-state index in [1.54, 1.807) is 6.92 Å². The Hall–Kier alpha value is -1.00. The lowest BCUT2D eigenvalue weighted by Gasteiger charge is -2.26. The highest BCUT2D eigenvalue weighted by Crippen LogP contribution is 2.19. The van der Waals surface area contributed by atoms with Gasteiger partial charge in [-0.05, 0) is 37.6 Å². The average Bonchev–Trinajstić information content (AvgIpc) is 2.55. The van der Waals surface area contributed by atoms with Crippen molar-refractivity contribution in [3.63, 3.8) is 0 Å². The van der Waals surface area contributed by atoms with E-state index in [4.69, 9.17) is 4.74 Å². The van der Waals surface area contributed by atoms with E-state index in [0.717, 1.165) is 0 Å². The van der Waals surface area contributed by atoms with Gasteiger partial charge in [0.1, 0.15) is 0 Å². The Bertz CT molecular complexity index is 723. The highest BCUT2D eigenvalue weighted by molar-refractivity contribution is 7.89. The zero-order chi connectivity index (χ0) is 17.1. The van der Waals surface area contributed by atoms with Gasteiger partial charge in [-0.3, -0.25) is 0 Å². The molecule has 23 heavy (non-hydrogen) atoms. The quantitative estimate of drug-likeness (QED) is 0.807. The van der Waals surface area contributed by atoms with Gasteiger partial charge >= 0.3 is 0 Å². The molecule has 130 valence electrons. The van der Waals surface area contributed by atoms with Crippen molar-refractivity contribution in [2.75, 3.05) is 26.3 Å². The first-order valence-corrected chi connectivity index (χ1v) is 10.4. The summed E-state index contributed by atoms with van der Waals surface area (Å²) in [6, 6.07) is 5.11. The molecule has 7 nitrogen and oxygen atoms in total. The van der Waals surface area contributed by atoms with Crippen molar-refractivity contribution in [3.8, 4) is 0 Å². The van der Waals surface area contributed by atoms with Gasteiger partial charge in [-0.2, -0.15) is 4.31 Å². The molecule has 0 amide bonds. The van der Waals surface area contributed by atoms with Crippen LogP contribution in [0.25, 0.3) is 0 Å². The largest absolute Gasteiger partial charge is 0.379 e. The monoisotopic (exact) mass is 362 g/mol. The van der Waals surface area contributed by atoms with Crippen molar-refractivity contribution in [1.29, 1.82) is 0 Å². The number of benzene rings is 1. The smallest absolute Gasteiger partial charge is 0.243 e. The molecule has 1 unspecified atom stereocenters. The minimum absolute atomic E-state index is 0.0544. The van der Waals surface area contributed by atoms with Crippen LogP contribution in [0, 0.1) is 0 Å². The van der Waals surface area contributed by atoms with Crippen LogP contribution in [0.4, 0.5) is 0 Å². The van der Waals surface area contributed by atoms with E-state index in [1.807, 2.05) is 6.92 Å². The van der Waals surface area contributed by atoms with Crippen LogP contribution in [-0.4, -0.2) is 53.5 Å². The molecule has 1 fully saturated rings. The Morgan fingerprint density at radius 2 is 1.61 bits per heavy atom. The van der Waals surface area contributed by atoms with Crippen LogP contribution in [0.2, 0.25) is 0 Å². The second-order valence-electron chi connectivity index (χ2n) is 5.42. The third-order valence-corrected chi connectivity index (χ3v) is 7.23. The number of hydrogen-bond donors (Lipinski definition) is 1. The summed E-state index contributed by atoms with van der Waals surface area (Å²) < 4.78 is 58.3. The van der Waals surface area contributed by atoms with Gasteiger partial charge < -0.3 is 4.74 Å². The predicted molar refractivity (Wildman–Crippen MR) is 86.1 cm³/mol. The van der Waals surface area contributed by atoms with Gasteiger partial charge in [0.05, 0.1) is 23.0 Å². The molecule has 0 aromatic heterocycles. The van der Waals surface area contributed by atoms with Gasteiger partial charge in [-0.25, -0.2) is 21.6 Å². The minimum Gasteiger partial charge on any atom is -0.379 e. The maximum atomic E-state index is 12.5. The molecule has 1 aliphatic rings. The van der Waals surface area contributed by atoms with E-state index in [2.05, 4.69) is 4.72 Å². The molecule has 0 saturated carbocycles. The Kier molecular flexibility index (Phi) is 5.79. The minimum atomic E-state index is -3.64. The van der Waals surface area contributed by atoms with Crippen LogP contribution < -0.4 is 4.72 Å². The molecule has 1 saturated heterocycles. The summed E-state index contributed by atoms with van der Waals surface area (Å²) in [5, 5.41) is 0. The molecular weight excluding hydrogens is 340 g/mol. The Morgan fingerprint density at radius 3 is 2.13 bits per heavy atom. The van der Waals surface area contributed by atoms with Crippen LogP contribution in [0.15, 0.2) is 34.1 Å². The number of hydrogen-bond acceptors (Lipinski definition) is 5. The number of rotatable bonds is 6. The SMILES string of the molecule is CCC(C)NS(=O)(=O)c1ccc(S(=O)(=O)N2CCOCC2)cc1. The average molecular weight is 362 g/mol. The second-order valence-corrected chi connectivity index (χ2v) is 9.07. The molecule has 0 bridgehead atoms. The zero-order valence-electron chi connectivity index (χ0n) is 13.2. The first-order chi connectivity index (χ1) is 10.8. The number of nitrogens with zero attached hydrogens (tertiary/aromatic N) is 1. The molecule has 0 spiro atoms. The third kappa shape index (κ3) is 4.30. The van der Waals surface area contributed by atoms with Crippen LogP contribution in [0.1, 0.15) is 20.3 Å². The van der Waals surface area contributed by atoms with Crippen molar-refractivity contribution in [3.05, 3.63) is 24.3 Å². The molecular formula is C14H22N2O5S2. The number of morpholine rings is 1. The molecule has 1 atom stereocenters. The highest BCUT2D eigenvalue weighted by Gasteiger charge is 2.27. The van der Waals surface area contributed by atoms with Crippen molar-refractivity contribution in [2.45, 2.75) is 36.1 Å². The summed E-state index contributed by atoms with van der Waals surface area (Å²) in [6.45, 7) is 4.99. The lowest BCUT2D eigenvalue weighted by molar-refractivity contribution is 0.0730. The molecule has 1 heterocycles. The van der Waals surface area contributed by atoms with Crippen LogP contribution >= 0.6 is 0 Å². The fourth-order valence-electron chi connectivity index (χ4n) is 2.14. The van der Waals surface area contributed by atoms with Gasteiger partial charge in [0.2, 0.25) is 20.0 Å². The Labute approximate surface area is 137 Å². The Morgan fingerprint density at radius 1 is 1.09 bits per heavy atom. The molecule has 1 aromatic carbocycles. The lowest BCUT2D eigenvalue weighted by atomic mass is 10.3. The number of sulfonamides is 2. The van der Waals surface area contributed by atoms with E-state index in [1.165, 1.54) is 28.6 Å². The third-order valence-electron chi connectivity index (χ3n) is 3.71. The second kappa shape index (κ2) is 7.27. The maximum absolute atomic E-state index is 12.5. The predicted octanol–water partition coefficient (Wildman–Crippen LogP) is 0.784. The summed E-state index contributed by atoms with van der Waals surface area (Å²) in [5.74, 6) is 0.